The highest BCUT2D eigenvalue weighted by atomic mass is 16.4. The van der Waals surface area contributed by atoms with Crippen LogP contribution in [0.2, 0.25) is 0 Å². The van der Waals surface area contributed by atoms with Crippen LogP contribution in [0.15, 0.2) is 36.9 Å². The number of hydrogen-bond acceptors (Lipinski definition) is 5. The van der Waals surface area contributed by atoms with Crippen LogP contribution in [0, 0.1) is 0 Å². The summed E-state index contributed by atoms with van der Waals surface area (Å²) in [6.07, 6.45) is 5.69. The molecule has 140 valence electrons. The van der Waals surface area contributed by atoms with Crippen molar-refractivity contribution < 1.29 is 9.90 Å². The van der Waals surface area contributed by atoms with Gasteiger partial charge in [-0.2, -0.15) is 10.2 Å². The first-order valence-corrected chi connectivity index (χ1v) is 9.15. The maximum atomic E-state index is 11.6. The molecule has 2 heterocycles. The molecule has 2 N–H and O–H groups in total. The zero-order valence-corrected chi connectivity index (χ0v) is 15.2. The number of aryl methyl sites for hydroxylation is 1. The second-order valence-corrected chi connectivity index (χ2v) is 6.68. The number of nitrogens with one attached hydrogen (secondary N) is 1. The Hall–Kier alpha value is -3.00. The van der Waals surface area contributed by atoms with Gasteiger partial charge in [-0.1, -0.05) is 18.2 Å². The largest absolute Gasteiger partial charge is 0.476 e. The van der Waals surface area contributed by atoms with E-state index in [1.54, 1.807) is 11.0 Å². The minimum absolute atomic E-state index is 0.196. The number of hydrogen-bond donors (Lipinski definition) is 2. The van der Waals surface area contributed by atoms with Crippen molar-refractivity contribution in [1.82, 2.24) is 29.9 Å². The van der Waals surface area contributed by atoms with Crippen LogP contribution in [0.5, 0.6) is 0 Å². The predicted molar refractivity (Wildman–Crippen MR) is 98.9 cm³/mol. The fourth-order valence-corrected chi connectivity index (χ4v) is 3.77. The molecule has 4 rings (SSSR count). The van der Waals surface area contributed by atoms with Crippen LogP contribution in [0.4, 0.5) is 0 Å². The molecule has 1 aliphatic rings. The highest BCUT2D eigenvalue weighted by molar-refractivity contribution is 5.87. The first-order chi connectivity index (χ1) is 13.2. The number of rotatable bonds is 6. The number of carboxylic acids is 1. The summed E-state index contributed by atoms with van der Waals surface area (Å²) in [6, 6.07) is 8.28. The highest BCUT2D eigenvalue weighted by Crippen LogP contribution is 2.25. The molecule has 0 amide bonds. The third-order valence-corrected chi connectivity index (χ3v) is 5.09. The van der Waals surface area contributed by atoms with Crippen LogP contribution in [0.3, 0.4) is 0 Å². The Morgan fingerprint density at radius 2 is 2.22 bits per heavy atom. The molecule has 0 bridgehead atoms. The number of nitrogens with zero attached hydrogens (tertiary/aromatic N) is 5. The Morgan fingerprint density at radius 1 is 1.37 bits per heavy atom. The number of fused-ring (bicyclic) bond motifs is 1. The fraction of sp³-hybridized carbons (Fsp3) is 0.368. The molecule has 27 heavy (non-hydrogen) atoms. The van der Waals surface area contributed by atoms with E-state index >= 15 is 0 Å². The van der Waals surface area contributed by atoms with Gasteiger partial charge in [-0.15, -0.1) is 0 Å². The maximum absolute atomic E-state index is 11.6. The standard InChI is InChI=1S/C19H22N6O2/c1-2-24-17-8-7-14(9-15(17)18(23-24)19(26)27)21-10-13-5-3-4-6-16(13)25-12-20-11-22-25/h3-6,11-12,14,21H,2,7-10H2,1H3,(H,26,27)/t14-/m0/s1. The minimum Gasteiger partial charge on any atom is -0.476 e. The van der Waals surface area contributed by atoms with E-state index in [1.807, 2.05) is 29.8 Å². The smallest absolute Gasteiger partial charge is 0.356 e. The van der Waals surface area contributed by atoms with Gasteiger partial charge in [0, 0.05) is 30.4 Å². The normalized spacial score (nSPS) is 16.3. The zero-order chi connectivity index (χ0) is 18.8. The zero-order valence-electron chi connectivity index (χ0n) is 15.2. The topological polar surface area (TPSA) is 97.9 Å². The molecule has 1 atom stereocenters. The highest BCUT2D eigenvalue weighted by Gasteiger charge is 2.28. The summed E-state index contributed by atoms with van der Waals surface area (Å²) in [5.74, 6) is -0.948. The third kappa shape index (κ3) is 3.35. The van der Waals surface area contributed by atoms with E-state index in [0.717, 1.165) is 35.3 Å². The van der Waals surface area contributed by atoms with Crippen LogP contribution in [0.1, 0.15) is 40.7 Å². The van der Waals surface area contributed by atoms with Crippen molar-refractivity contribution in [2.24, 2.45) is 0 Å². The van der Waals surface area contributed by atoms with E-state index in [-0.39, 0.29) is 11.7 Å². The molecule has 8 nitrogen and oxygen atoms in total. The van der Waals surface area contributed by atoms with E-state index in [0.29, 0.717) is 19.5 Å². The number of benzene rings is 1. The van der Waals surface area contributed by atoms with Crippen molar-refractivity contribution in [3.63, 3.8) is 0 Å². The summed E-state index contributed by atoms with van der Waals surface area (Å²) in [7, 11) is 0. The van der Waals surface area contributed by atoms with Crippen molar-refractivity contribution in [3.8, 4) is 5.69 Å². The number of carbonyl (C=O) groups is 1. The van der Waals surface area contributed by atoms with E-state index in [9.17, 15) is 9.90 Å². The summed E-state index contributed by atoms with van der Waals surface area (Å²) in [5, 5.41) is 21.6. The van der Waals surface area contributed by atoms with Crippen molar-refractivity contribution in [3.05, 3.63) is 59.4 Å². The Labute approximate surface area is 156 Å². The van der Waals surface area contributed by atoms with Crippen LogP contribution >= 0.6 is 0 Å². The number of para-hydroxylation sites is 1. The van der Waals surface area contributed by atoms with Crippen molar-refractivity contribution >= 4 is 5.97 Å². The molecule has 0 saturated heterocycles. The van der Waals surface area contributed by atoms with Crippen molar-refractivity contribution in [2.45, 2.75) is 45.3 Å². The second kappa shape index (κ2) is 7.32. The number of aromatic nitrogens is 5. The van der Waals surface area contributed by atoms with Crippen LogP contribution in [-0.4, -0.2) is 41.7 Å². The summed E-state index contributed by atoms with van der Waals surface area (Å²) in [4.78, 5) is 15.6. The fourth-order valence-electron chi connectivity index (χ4n) is 3.77. The molecule has 0 aliphatic heterocycles. The van der Waals surface area contributed by atoms with Gasteiger partial charge in [-0.05, 0) is 37.8 Å². The average molecular weight is 366 g/mol. The van der Waals surface area contributed by atoms with Crippen molar-refractivity contribution in [1.29, 1.82) is 0 Å². The quantitative estimate of drug-likeness (QED) is 0.691. The Kier molecular flexibility index (Phi) is 4.72. The third-order valence-electron chi connectivity index (χ3n) is 5.09. The Balaban J connectivity index is 1.51. The first-order valence-electron chi connectivity index (χ1n) is 9.15. The number of aromatic carboxylic acids is 1. The molecule has 0 fully saturated rings. The minimum atomic E-state index is -0.948. The van der Waals surface area contributed by atoms with Crippen molar-refractivity contribution in [2.75, 3.05) is 0 Å². The van der Waals surface area contributed by atoms with Crippen LogP contribution < -0.4 is 5.32 Å². The lowest BCUT2D eigenvalue weighted by Gasteiger charge is -2.25. The van der Waals surface area contributed by atoms with E-state index in [1.165, 1.54) is 6.33 Å². The molecule has 0 spiro atoms. The van der Waals surface area contributed by atoms with E-state index < -0.39 is 5.97 Å². The first kappa shape index (κ1) is 17.4. The van der Waals surface area contributed by atoms with Gasteiger partial charge in [0.1, 0.15) is 12.7 Å². The summed E-state index contributed by atoms with van der Waals surface area (Å²) >= 11 is 0. The molecule has 1 aromatic carbocycles. The van der Waals surface area contributed by atoms with Gasteiger partial charge in [-0.3, -0.25) is 4.68 Å². The molecule has 0 saturated carbocycles. The van der Waals surface area contributed by atoms with Gasteiger partial charge >= 0.3 is 5.97 Å². The SMILES string of the molecule is CCn1nc(C(=O)O)c2c1CC[C@H](NCc1ccccc1-n1cncn1)C2. The Morgan fingerprint density at radius 3 is 2.96 bits per heavy atom. The van der Waals surface area contributed by atoms with Crippen LogP contribution in [0.25, 0.3) is 5.69 Å². The molecule has 8 heteroatoms. The lowest BCUT2D eigenvalue weighted by Crippen LogP contribution is -2.35. The summed E-state index contributed by atoms with van der Waals surface area (Å²) < 4.78 is 3.58. The molecule has 3 aromatic rings. The lowest BCUT2D eigenvalue weighted by molar-refractivity contribution is 0.0688. The van der Waals surface area contributed by atoms with Gasteiger partial charge in [0.2, 0.25) is 0 Å². The molecule has 0 unspecified atom stereocenters. The summed E-state index contributed by atoms with van der Waals surface area (Å²) in [5.41, 5.74) is 4.25. The van der Waals surface area contributed by atoms with E-state index in [2.05, 4.69) is 26.6 Å². The Bertz CT molecular complexity index is 947. The van der Waals surface area contributed by atoms with Gasteiger partial charge < -0.3 is 10.4 Å². The lowest BCUT2D eigenvalue weighted by atomic mass is 9.91. The van der Waals surface area contributed by atoms with Crippen LogP contribution in [-0.2, 0) is 25.9 Å². The molecule has 2 aromatic heterocycles. The van der Waals surface area contributed by atoms with Gasteiger partial charge in [0.25, 0.3) is 0 Å². The van der Waals surface area contributed by atoms with Gasteiger partial charge in [0.15, 0.2) is 5.69 Å². The molecular formula is C19H22N6O2. The molecule has 1 aliphatic carbocycles. The maximum Gasteiger partial charge on any atom is 0.356 e. The van der Waals surface area contributed by atoms with Gasteiger partial charge in [0.05, 0.1) is 5.69 Å². The molecular weight excluding hydrogens is 344 g/mol. The summed E-state index contributed by atoms with van der Waals surface area (Å²) in [6.45, 7) is 3.36. The average Bonchev–Trinajstić information content (AvgIpc) is 3.34. The predicted octanol–water partition coefficient (Wildman–Crippen LogP) is 1.83. The van der Waals surface area contributed by atoms with Gasteiger partial charge in [-0.25, -0.2) is 14.5 Å². The number of carboxylic acid groups (broad SMARTS) is 1. The monoisotopic (exact) mass is 366 g/mol. The molecule has 0 radical (unpaired) electrons. The second-order valence-electron chi connectivity index (χ2n) is 6.68. The van der Waals surface area contributed by atoms with E-state index in [4.69, 9.17) is 0 Å².